The molecule has 1 aromatic heterocycles. The van der Waals surface area contributed by atoms with Crippen molar-refractivity contribution in [3.63, 3.8) is 0 Å². The van der Waals surface area contributed by atoms with E-state index in [1.807, 2.05) is 6.92 Å². The van der Waals surface area contributed by atoms with Gasteiger partial charge >= 0.3 is 0 Å². The fourth-order valence-corrected chi connectivity index (χ4v) is 3.19. The van der Waals surface area contributed by atoms with E-state index in [1.54, 1.807) is 36.5 Å². The average molecular weight is 394 g/mol. The zero-order chi connectivity index (χ0) is 20.9. The zero-order valence-electron chi connectivity index (χ0n) is 16.3. The Balaban J connectivity index is 1.75. The van der Waals surface area contributed by atoms with Gasteiger partial charge in [-0.15, -0.1) is 0 Å². The Kier molecular flexibility index (Phi) is 6.04. The molecule has 0 aliphatic carbocycles. The molecule has 2 N–H and O–H groups in total. The van der Waals surface area contributed by atoms with Crippen molar-refractivity contribution in [1.82, 2.24) is 9.97 Å². The van der Waals surface area contributed by atoms with Crippen molar-refractivity contribution in [2.75, 3.05) is 35.8 Å². The van der Waals surface area contributed by atoms with Crippen molar-refractivity contribution in [3.05, 3.63) is 36.5 Å². The zero-order valence-corrected chi connectivity index (χ0v) is 16.3. The minimum atomic E-state index is -0.979. The Morgan fingerprint density at radius 1 is 1.38 bits per heavy atom. The van der Waals surface area contributed by atoms with Crippen molar-refractivity contribution >= 4 is 35.0 Å². The van der Waals surface area contributed by atoms with Crippen LogP contribution in [0.5, 0.6) is 0 Å². The highest BCUT2D eigenvalue weighted by atomic mass is 16.5. The SMILES string of the molecule is CC[C@]1(C#N)CCN(c2ccnc(Nc3cccc(NC(=O)COC)c3)n2)C1=O. The van der Waals surface area contributed by atoms with Crippen LogP contribution in [0.25, 0.3) is 0 Å². The summed E-state index contributed by atoms with van der Waals surface area (Å²) in [6.07, 6.45) is 2.51. The lowest BCUT2D eigenvalue weighted by atomic mass is 9.85. The van der Waals surface area contributed by atoms with Gasteiger partial charge in [0.15, 0.2) is 0 Å². The lowest BCUT2D eigenvalue weighted by molar-refractivity contribution is -0.123. The monoisotopic (exact) mass is 394 g/mol. The van der Waals surface area contributed by atoms with Gasteiger partial charge in [-0.3, -0.25) is 14.5 Å². The molecule has 150 valence electrons. The molecule has 0 radical (unpaired) electrons. The van der Waals surface area contributed by atoms with Gasteiger partial charge < -0.3 is 15.4 Å². The maximum Gasteiger partial charge on any atom is 0.250 e. The van der Waals surface area contributed by atoms with Crippen LogP contribution in [-0.2, 0) is 14.3 Å². The summed E-state index contributed by atoms with van der Waals surface area (Å²) >= 11 is 0. The van der Waals surface area contributed by atoms with Gasteiger partial charge in [-0.05, 0) is 37.1 Å². The molecule has 2 aromatic rings. The maximum atomic E-state index is 12.7. The van der Waals surface area contributed by atoms with Crippen molar-refractivity contribution < 1.29 is 14.3 Å². The average Bonchev–Trinajstić information content (AvgIpc) is 3.05. The van der Waals surface area contributed by atoms with Crippen molar-refractivity contribution in [2.45, 2.75) is 19.8 Å². The third-order valence-corrected chi connectivity index (χ3v) is 4.83. The van der Waals surface area contributed by atoms with Crippen LogP contribution in [0.15, 0.2) is 36.5 Å². The van der Waals surface area contributed by atoms with Crippen molar-refractivity contribution in [3.8, 4) is 6.07 Å². The van der Waals surface area contributed by atoms with Crippen molar-refractivity contribution in [1.29, 1.82) is 5.26 Å². The number of amides is 2. The number of nitrogens with zero attached hydrogens (tertiary/aromatic N) is 4. The van der Waals surface area contributed by atoms with E-state index >= 15 is 0 Å². The molecule has 9 heteroatoms. The number of nitrogens with one attached hydrogen (secondary N) is 2. The number of ether oxygens (including phenoxy) is 1. The second-order valence-corrected chi connectivity index (χ2v) is 6.68. The second-order valence-electron chi connectivity index (χ2n) is 6.68. The Bertz CT molecular complexity index is 957. The minimum absolute atomic E-state index is 0.0331. The molecule has 29 heavy (non-hydrogen) atoms. The van der Waals surface area contributed by atoms with E-state index in [0.717, 1.165) is 0 Å². The number of methoxy groups -OCH3 is 1. The van der Waals surface area contributed by atoms with Gasteiger partial charge in [0.2, 0.25) is 17.8 Å². The number of carbonyl (C=O) groups is 2. The quantitative estimate of drug-likeness (QED) is 0.740. The normalized spacial score (nSPS) is 18.4. The highest BCUT2D eigenvalue weighted by Gasteiger charge is 2.46. The largest absolute Gasteiger partial charge is 0.375 e. The number of benzene rings is 1. The molecule has 2 amide bonds. The van der Waals surface area contributed by atoms with E-state index in [0.29, 0.717) is 42.5 Å². The first-order valence-electron chi connectivity index (χ1n) is 9.23. The Labute approximate surface area is 168 Å². The molecule has 0 saturated carbocycles. The van der Waals surface area contributed by atoms with E-state index in [-0.39, 0.29) is 18.4 Å². The Morgan fingerprint density at radius 2 is 2.17 bits per heavy atom. The van der Waals surface area contributed by atoms with Crippen LogP contribution in [-0.4, -0.2) is 42.0 Å². The summed E-state index contributed by atoms with van der Waals surface area (Å²) in [5.74, 6) is 0.270. The molecule has 3 rings (SSSR count). The highest BCUT2D eigenvalue weighted by Crippen LogP contribution is 2.36. The summed E-state index contributed by atoms with van der Waals surface area (Å²) < 4.78 is 4.80. The van der Waals surface area contributed by atoms with Crippen LogP contribution >= 0.6 is 0 Å². The smallest absolute Gasteiger partial charge is 0.250 e. The van der Waals surface area contributed by atoms with Gasteiger partial charge in [0.05, 0.1) is 6.07 Å². The van der Waals surface area contributed by atoms with Crippen LogP contribution in [0.1, 0.15) is 19.8 Å². The van der Waals surface area contributed by atoms with E-state index in [1.165, 1.54) is 12.0 Å². The minimum Gasteiger partial charge on any atom is -0.375 e. The van der Waals surface area contributed by atoms with Crippen LogP contribution in [0, 0.1) is 16.7 Å². The van der Waals surface area contributed by atoms with Gasteiger partial charge in [0.1, 0.15) is 17.8 Å². The van der Waals surface area contributed by atoms with Gasteiger partial charge in [0.25, 0.3) is 0 Å². The molecule has 1 aliphatic heterocycles. The van der Waals surface area contributed by atoms with Gasteiger partial charge in [-0.2, -0.15) is 10.2 Å². The number of aromatic nitrogens is 2. The molecule has 1 aliphatic rings. The summed E-state index contributed by atoms with van der Waals surface area (Å²) in [6.45, 7) is 2.25. The maximum absolute atomic E-state index is 12.7. The molecule has 1 aromatic carbocycles. The van der Waals surface area contributed by atoms with Crippen LogP contribution < -0.4 is 15.5 Å². The molecule has 1 saturated heterocycles. The highest BCUT2D eigenvalue weighted by molar-refractivity contribution is 6.01. The van der Waals surface area contributed by atoms with Gasteiger partial charge in [-0.25, -0.2) is 4.98 Å². The van der Waals surface area contributed by atoms with Crippen LogP contribution in [0.4, 0.5) is 23.1 Å². The molecule has 2 heterocycles. The predicted molar refractivity (Wildman–Crippen MR) is 108 cm³/mol. The molecule has 1 atom stereocenters. The third-order valence-electron chi connectivity index (χ3n) is 4.83. The van der Waals surface area contributed by atoms with E-state index in [9.17, 15) is 14.9 Å². The first kappa shape index (κ1) is 20.2. The lowest BCUT2D eigenvalue weighted by Gasteiger charge is -2.19. The molecule has 9 nitrogen and oxygen atoms in total. The lowest BCUT2D eigenvalue weighted by Crippen LogP contribution is -2.33. The molecular formula is C20H22N6O3. The summed E-state index contributed by atoms with van der Waals surface area (Å²) in [4.78, 5) is 34.5. The summed E-state index contributed by atoms with van der Waals surface area (Å²) in [5.41, 5.74) is 0.294. The fraction of sp³-hybridized carbons (Fsp3) is 0.350. The first-order valence-corrected chi connectivity index (χ1v) is 9.23. The molecular weight excluding hydrogens is 372 g/mol. The van der Waals surface area contributed by atoms with Crippen molar-refractivity contribution in [2.24, 2.45) is 5.41 Å². The Morgan fingerprint density at radius 3 is 2.86 bits per heavy atom. The topological polar surface area (TPSA) is 120 Å². The Hall–Kier alpha value is -3.51. The molecule has 1 fully saturated rings. The van der Waals surface area contributed by atoms with Gasteiger partial charge in [-0.1, -0.05) is 13.0 Å². The summed E-state index contributed by atoms with van der Waals surface area (Å²) in [5, 5.41) is 15.2. The fourth-order valence-electron chi connectivity index (χ4n) is 3.19. The van der Waals surface area contributed by atoms with E-state index < -0.39 is 5.41 Å². The van der Waals surface area contributed by atoms with E-state index in [2.05, 4.69) is 26.7 Å². The summed E-state index contributed by atoms with van der Waals surface area (Å²) in [6, 6.07) is 10.9. The molecule has 0 unspecified atom stereocenters. The summed E-state index contributed by atoms with van der Waals surface area (Å²) in [7, 11) is 1.45. The third kappa shape index (κ3) is 4.33. The van der Waals surface area contributed by atoms with Crippen LogP contribution in [0.2, 0.25) is 0 Å². The molecule has 0 bridgehead atoms. The second kappa shape index (κ2) is 8.67. The number of nitriles is 1. The number of rotatable bonds is 7. The number of carbonyl (C=O) groups excluding carboxylic acids is 2. The standard InChI is InChI=1S/C20H22N6O3/c1-3-20(13-21)8-10-26(18(20)28)16-7-9-22-19(25-16)24-15-6-4-5-14(11-15)23-17(27)12-29-2/h4-7,9,11H,3,8,10,12H2,1-2H3,(H,23,27)(H,22,24,25)/t20-/m1/s1. The first-order chi connectivity index (χ1) is 14.0. The number of hydrogen-bond donors (Lipinski definition) is 2. The van der Waals surface area contributed by atoms with E-state index in [4.69, 9.17) is 4.74 Å². The number of anilines is 4. The molecule has 0 spiro atoms. The van der Waals surface area contributed by atoms with Gasteiger partial charge in [0, 0.05) is 31.2 Å². The predicted octanol–water partition coefficient (Wildman–Crippen LogP) is 2.46. The van der Waals surface area contributed by atoms with Crippen LogP contribution in [0.3, 0.4) is 0 Å². The number of hydrogen-bond acceptors (Lipinski definition) is 7.